The average molecular weight is 294 g/mol. The van der Waals surface area contributed by atoms with Gasteiger partial charge in [0, 0.05) is 19.6 Å². The molecule has 118 valence electrons. The van der Waals surface area contributed by atoms with Gasteiger partial charge in [-0.3, -0.25) is 0 Å². The lowest BCUT2D eigenvalue weighted by Crippen LogP contribution is -2.29. The summed E-state index contributed by atoms with van der Waals surface area (Å²) in [5.74, 6) is 0.489. The van der Waals surface area contributed by atoms with Gasteiger partial charge in [0.25, 0.3) is 0 Å². The molecule has 1 aliphatic rings. The van der Waals surface area contributed by atoms with Gasteiger partial charge in [-0.05, 0) is 63.5 Å². The summed E-state index contributed by atoms with van der Waals surface area (Å²) in [6, 6.07) is 4.99. The van der Waals surface area contributed by atoms with Crippen LogP contribution in [-0.4, -0.2) is 55.2 Å². The van der Waals surface area contributed by atoms with Crippen molar-refractivity contribution in [3.8, 4) is 0 Å². The number of aliphatic hydroxyl groups excluding tert-OH is 1. The van der Waals surface area contributed by atoms with Gasteiger partial charge in [0.2, 0.25) is 0 Å². The lowest BCUT2D eigenvalue weighted by molar-refractivity contribution is 0.144. The van der Waals surface area contributed by atoms with Crippen LogP contribution < -0.4 is 0 Å². The summed E-state index contributed by atoms with van der Waals surface area (Å²) in [4.78, 5) is 4.64. The van der Waals surface area contributed by atoms with Crippen LogP contribution >= 0.6 is 0 Å². The minimum atomic E-state index is -0.589. The van der Waals surface area contributed by atoms with Crippen LogP contribution in [0.2, 0.25) is 0 Å². The molecule has 0 amide bonds. The Bertz CT molecular complexity index is 466. The Morgan fingerprint density at radius 3 is 2.86 bits per heavy atom. The minimum absolute atomic E-state index is 0.242. The second-order valence-corrected chi connectivity index (χ2v) is 6.49. The molecule has 0 bridgehead atoms. The van der Waals surface area contributed by atoms with Gasteiger partial charge in [-0.2, -0.15) is 0 Å². The van der Waals surface area contributed by atoms with Crippen LogP contribution in [0.4, 0.5) is 4.39 Å². The monoisotopic (exact) mass is 294 g/mol. The third-order valence-electron chi connectivity index (χ3n) is 4.42. The van der Waals surface area contributed by atoms with Crippen molar-refractivity contribution in [2.75, 3.05) is 40.3 Å². The Labute approximate surface area is 127 Å². The number of hydrogen-bond acceptors (Lipinski definition) is 3. The molecular formula is C17H27FN2O. The normalized spacial score (nSPS) is 21.1. The Hall–Kier alpha value is -0.970. The molecule has 0 radical (unpaired) electrons. The number of hydrogen-bond donors (Lipinski definition) is 1. The zero-order valence-electron chi connectivity index (χ0n) is 13.3. The number of halogens is 1. The first kappa shape index (κ1) is 16.4. The molecule has 2 atom stereocenters. The summed E-state index contributed by atoms with van der Waals surface area (Å²) >= 11 is 0. The molecule has 2 rings (SSSR count). The van der Waals surface area contributed by atoms with Crippen molar-refractivity contribution in [3.05, 3.63) is 35.1 Å². The highest BCUT2D eigenvalue weighted by molar-refractivity contribution is 5.24. The van der Waals surface area contributed by atoms with Crippen LogP contribution in [0.15, 0.2) is 18.2 Å². The van der Waals surface area contributed by atoms with E-state index in [1.807, 2.05) is 6.07 Å². The van der Waals surface area contributed by atoms with Crippen molar-refractivity contribution in [2.45, 2.75) is 25.9 Å². The molecule has 3 nitrogen and oxygen atoms in total. The maximum Gasteiger partial charge on any atom is 0.126 e. The molecule has 1 aromatic rings. The third-order valence-corrected chi connectivity index (χ3v) is 4.42. The van der Waals surface area contributed by atoms with Gasteiger partial charge in [-0.15, -0.1) is 0 Å². The molecule has 1 aromatic carbocycles. The van der Waals surface area contributed by atoms with E-state index in [-0.39, 0.29) is 5.82 Å². The Kier molecular flexibility index (Phi) is 5.73. The lowest BCUT2D eigenvalue weighted by atomic mass is 10.0. The SMILES string of the molecule is Cc1ccc(C(O)CCN(C)CC2CCN(C)C2)cc1F. The number of aryl methyl sites for hydroxylation is 1. The number of rotatable bonds is 6. The van der Waals surface area contributed by atoms with E-state index in [0.29, 0.717) is 17.5 Å². The zero-order chi connectivity index (χ0) is 15.4. The highest BCUT2D eigenvalue weighted by atomic mass is 19.1. The fourth-order valence-electron chi connectivity index (χ4n) is 3.03. The van der Waals surface area contributed by atoms with Crippen LogP contribution in [0.25, 0.3) is 0 Å². The summed E-state index contributed by atoms with van der Waals surface area (Å²) in [7, 11) is 4.26. The van der Waals surface area contributed by atoms with E-state index in [2.05, 4.69) is 23.9 Å². The molecule has 0 aliphatic carbocycles. The van der Waals surface area contributed by atoms with Crippen LogP contribution in [0, 0.1) is 18.7 Å². The minimum Gasteiger partial charge on any atom is -0.388 e. The molecule has 0 aromatic heterocycles. The first-order valence-corrected chi connectivity index (χ1v) is 7.77. The van der Waals surface area contributed by atoms with E-state index >= 15 is 0 Å². The highest BCUT2D eigenvalue weighted by Crippen LogP contribution is 2.20. The van der Waals surface area contributed by atoms with Crippen LogP contribution in [0.5, 0.6) is 0 Å². The average Bonchev–Trinajstić information content (AvgIpc) is 2.84. The van der Waals surface area contributed by atoms with Crippen molar-refractivity contribution < 1.29 is 9.50 Å². The first-order chi connectivity index (χ1) is 9.95. The second kappa shape index (κ2) is 7.34. The highest BCUT2D eigenvalue weighted by Gasteiger charge is 2.21. The molecule has 0 spiro atoms. The maximum atomic E-state index is 13.5. The fraction of sp³-hybridized carbons (Fsp3) is 0.647. The van der Waals surface area contributed by atoms with E-state index in [4.69, 9.17) is 0 Å². The smallest absolute Gasteiger partial charge is 0.126 e. The van der Waals surface area contributed by atoms with Gasteiger partial charge in [0.1, 0.15) is 5.82 Å². The van der Waals surface area contributed by atoms with Crippen LogP contribution in [0.3, 0.4) is 0 Å². The topological polar surface area (TPSA) is 26.7 Å². The molecule has 21 heavy (non-hydrogen) atoms. The summed E-state index contributed by atoms with van der Waals surface area (Å²) in [5.41, 5.74) is 1.29. The lowest BCUT2D eigenvalue weighted by Gasteiger charge is -2.22. The summed E-state index contributed by atoms with van der Waals surface area (Å²) in [6.07, 6.45) is 1.31. The molecular weight excluding hydrogens is 267 g/mol. The molecule has 2 unspecified atom stereocenters. The van der Waals surface area contributed by atoms with Gasteiger partial charge < -0.3 is 14.9 Å². The van der Waals surface area contributed by atoms with Gasteiger partial charge in [0.15, 0.2) is 0 Å². The van der Waals surface area contributed by atoms with Crippen molar-refractivity contribution in [1.82, 2.24) is 9.80 Å². The van der Waals surface area contributed by atoms with Crippen molar-refractivity contribution in [2.24, 2.45) is 5.92 Å². The third kappa shape index (κ3) is 4.77. The van der Waals surface area contributed by atoms with Gasteiger partial charge in [-0.1, -0.05) is 12.1 Å². The van der Waals surface area contributed by atoms with Crippen molar-refractivity contribution in [1.29, 1.82) is 0 Å². The summed E-state index contributed by atoms with van der Waals surface area (Å²) in [6.45, 7) is 5.98. The zero-order valence-corrected chi connectivity index (χ0v) is 13.3. The molecule has 1 fully saturated rings. The quantitative estimate of drug-likeness (QED) is 0.873. The van der Waals surface area contributed by atoms with Crippen LogP contribution in [-0.2, 0) is 0 Å². The molecule has 1 saturated heterocycles. The van der Waals surface area contributed by atoms with E-state index in [0.717, 1.165) is 25.6 Å². The van der Waals surface area contributed by atoms with E-state index in [1.165, 1.54) is 19.0 Å². The van der Waals surface area contributed by atoms with Crippen molar-refractivity contribution in [3.63, 3.8) is 0 Å². The summed E-state index contributed by atoms with van der Waals surface area (Å²) in [5, 5.41) is 10.2. The predicted octanol–water partition coefficient (Wildman–Crippen LogP) is 2.44. The molecule has 1 aliphatic heterocycles. The standard InChI is InChI=1S/C17H27FN2O/c1-13-4-5-15(10-16(13)18)17(21)7-9-20(3)12-14-6-8-19(2)11-14/h4-5,10,14,17,21H,6-9,11-12H2,1-3H3. The molecule has 4 heteroatoms. The molecule has 1 heterocycles. The Balaban J connectivity index is 1.77. The van der Waals surface area contributed by atoms with E-state index < -0.39 is 6.10 Å². The number of aliphatic hydroxyl groups is 1. The molecule has 0 saturated carbocycles. The second-order valence-electron chi connectivity index (χ2n) is 6.49. The van der Waals surface area contributed by atoms with Crippen molar-refractivity contribution >= 4 is 0 Å². The van der Waals surface area contributed by atoms with Gasteiger partial charge in [-0.25, -0.2) is 4.39 Å². The predicted molar refractivity (Wildman–Crippen MR) is 83.8 cm³/mol. The largest absolute Gasteiger partial charge is 0.388 e. The van der Waals surface area contributed by atoms with E-state index in [1.54, 1.807) is 13.0 Å². The van der Waals surface area contributed by atoms with Gasteiger partial charge in [0.05, 0.1) is 6.10 Å². The first-order valence-electron chi connectivity index (χ1n) is 7.77. The Morgan fingerprint density at radius 2 is 2.24 bits per heavy atom. The number of nitrogens with zero attached hydrogens (tertiary/aromatic N) is 2. The maximum absolute atomic E-state index is 13.5. The summed E-state index contributed by atoms with van der Waals surface area (Å²) < 4.78 is 13.5. The number of likely N-dealkylation sites (tertiary alicyclic amines) is 1. The van der Waals surface area contributed by atoms with Crippen LogP contribution in [0.1, 0.15) is 30.1 Å². The number of benzene rings is 1. The molecule has 1 N–H and O–H groups in total. The Morgan fingerprint density at radius 1 is 1.48 bits per heavy atom. The van der Waals surface area contributed by atoms with Gasteiger partial charge >= 0.3 is 0 Å². The fourth-order valence-corrected chi connectivity index (χ4v) is 3.03. The van der Waals surface area contributed by atoms with E-state index in [9.17, 15) is 9.50 Å².